The van der Waals surface area contributed by atoms with Gasteiger partial charge in [-0.05, 0) is 56.1 Å². The highest BCUT2D eigenvalue weighted by Crippen LogP contribution is 2.37. The van der Waals surface area contributed by atoms with Crippen LogP contribution in [0.2, 0.25) is 0 Å². The standard InChI is InChI=1S/C19H21BF2O2Si/c1-18(2)19(3,4)24-20(23-18)15-11-14(17(21)22)10-13-7-5-6-12(8-9-25)16(13)15/h5-7,10-11,17H,1-4,25H3. The molecular formula is C19H21BF2O2Si. The number of benzene rings is 2. The van der Waals surface area contributed by atoms with Crippen molar-refractivity contribution in [2.75, 3.05) is 0 Å². The van der Waals surface area contributed by atoms with Crippen LogP contribution in [0.1, 0.15) is 45.2 Å². The van der Waals surface area contributed by atoms with Crippen LogP contribution in [0.4, 0.5) is 8.78 Å². The summed E-state index contributed by atoms with van der Waals surface area (Å²) >= 11 is 0. The first-order chi connectivity index (χ1) is 11.7. The molecule has 0 atom stereocenters. The second kappa shape index (κ2) is 6.24. The summed E-state index contributed by atoms with van der Waals surface area (Å²) < 4.78 is 39.1. The first-order valence-electron chi connectivity index (χ1n) is 8.29. The van der Waals surface area contributed by atoms with Gasteiger partial charge in [0.1, 0.15) is 0 Å². The van der Waals surface area contributed by atoms with E-state index in [1.165, 1.54) is 12.1 Å². The van der Waals surface area contributed by atoms with E-state index in [0.29, 0.717) is 5.46 Å². The number of halogens is 2. The number of hydrogen-bond donors (Lipinski definition) is 0. The molecular weight excluding hydrogens is 337 g/mol. The lowest BCUT2D eigenvalue weighted by Gasteiger charge is -2.32. The molecule has 0 aromatic heterocycles. The van der Waals surface area contributed by atoms with Crippen LogP contribution in [0.3, 0.4) is 0 Å². The summed E-state index contributed by atoms with van der Waals surface area (Å²) in [6, 6.07) is 8.59. The molecule has 25 heavy (non-hydrogen) atoms. The van der Waals surface area contributed by atoms with E-state index in [0.717, 1.165) is 26.6 Å². The van der Waals surface area contributed by atoms with Gasteiger partial charge in [0.2, 0.25) is 0 Å². The van der Waals surface area contributed by atoms with E-state index in [2.05, 4.69) is 11.5 Å². The lowest BCUT2D eigenvalue weighted by atomic mass is 9.74. The van der Waals surface area contributed by atoms with Crippen molar-refractivity contribution in [3.8, 4) is 11.5 Å². The zero-order valence-corrected chi connectivity index (χ0v) is 17.1. The van der Waals surface area contributed by atoms with Crippen molar-refractivity contribution in [1.82, 2.24) is 0 Å². The maximum atomic E-state index is 13.4. The van der Waals surface area contributed by atoms with E-state index in [1.54, 1.807) is 0 Å². The van der Waals surface area contributed by atoms with Gasteiger partial charge in [-0.15, -0.1) is 5.54 Å². The van der Waals surface area contributed by atoms with E-state index >= 15 is 0 Å². The molecule has 0 aliphatic carbocycles. The van der Waals surface area contributed by atoms with Gasteiger partial charge >= 0.3 is 7.12 Å². The smallest absolute Gasteiger partial charge is 0.399 e. The zero-order chi connectivity index (χ0) is 18.4. The van der Waals surface area contributed by atoms with Crippen molar-refractivity contribution in [2.45, 2.75) is 45.3 Å². The highest BCUT2D eigenvalue weighted by atomic mass is 28.1. The molecule has 2 aromatic carbocycles. The maximum absolute atomic E-state index is 13.4. The van der Waals surface area contributed by atoms with Crippen molar-refractivity contribution < 1.29 is 18.1 Å². The normalized spacial score (nSPS) is 18.6. The number of alkyl halides is 2. The number of rotatable bonds is 2. The molecule has 3 rings (SSSR count). The Labute approximate surface area is 150 Å². The minimum absolute atomic E-state index is 0.0341. The molecule has 6 heteroatoms. The molecule has 1 heterocycles. The fraction of sp³-hybridized carbons (Fsp3) is 0.368. The molecule has 1 fully saturated rings. The summed E-state index contributed by atoms with van der Waals surface area (Å²) in [5, 5.41) is 1.55. The average molecular weight is 358 g/mol. The highest BCUT2D eigenvalue weighted by Gasteiger charge is 2.52. The topological polar surface area (TPSA) is 18.5 Å². The van der Waals surface area contributed by atoms with Crippen LogP contribution in [-0.2, 0) is 9.31 Å². The summed E-state index contributed by atoms with van der Waals surface area (Å²) in [6.45, 7) is 7.80. The van der Waals surface area contributed by atoms with Crippen molar-refractivity contribution >= 4 is 33.6 Å². The van der Waals surface area contributed by atoms with Crippen molar-refractivity contribution in [3.05, 3.63) is 41.5 Å². The van der Waals surface area contributed by atoms with Gasteiger partial charge < -0.3 is 9.31 Å². The van der Waals surface area contributed by atoms with Crippen LogP contribution in [0, 0.1) is 11.5 Å². The Bertz CT molecular complexity index is 868. The van der Waals surface area contributed by atoms with Gasteiger partial charge in [0.05, 0.1) is 21.4 Å². The van der Waals surface area contributed by atoms with E-state index in [4.69, 9.17) is 9.31 Å². The largest absolute Gasteiger partial charge is 0.495 e. The Morgan fingerprint density at radius 3 is 2.28 bits per heavy atom. The Hall–Kier alpha value is -1.68. The SMILES string of the molecule is CC1(C)OB(c2cc(C(F)F)cc3cccc(C#C[SiH3])c23)OC1(C)C. The molecule has 2 aromatic rings. The van der Waals surface area contributed by atoms with Crippen LogP contribution < -0.4 is 5.46 Å². The highest BCUT2D eigenvalue weighted by molar-refractivity contribution is 6.65. The van der Waals surface area contributed by atoms with Crippen LogP contribution in [0.5, 0.6) is 0 Å². The summed E-state index contributed by atoms with van der Waals surface area (Å²) in [5.74, 6) is 3.12. The Kier molecular flexibility index (Phi) is 4.52. The Balaban J connectivity index is 2.26. The van der Waals surface area contributed by atoms with Crippen LogP contribution in [0.15, 0.2) is 30.3 Å². The lowest BCUT2D eigenvalue weighted by Crippen LogP contribution is -2.41. The quantitative estimate of drug-likeness (QED) is 0.607. The number of fused-ring (bicyclic) bond motifs is 1. The predicted molar refractivity (Wildman–Crippen MR) is 101 cm³/mol. The Morgan fingerprint density at radius 2 is 1.72 bits per heavy atom. The monoisotopic (exact) mass is 358 g/mol. The molecule has 0 saturated carbocycles. The number of hydrogen-bond acceptors (Lipinski definition) is 2. The lowest BCUT2D eigenvalue weighted by molar-refractivity contribution is 0.00578. The first kappa shape index (κ1) is 18.1. The summed E-state index contributed by atoms with van der Waals surface area (Å²) in [6.07, 6.45) is -2.56. The van der Waals surface area contributed by atoms with Crippen molar-refractivity contribution in [3.63, 3.8) is 0 Å². The van der Waals surface area contributed by atoms with E-state index in [9.17, 15) is 8.78 Å². The molecule has 2 nitrogen and oxygen atoms in total. The van der Waals surface area contributed by atoms with Gasteiger partial charge in [-0.25, -0.2) is 8.78 Å². The van der Waals surface area contributed by atoms with Gasteiger partial charge in [0, 0.05) is 11.1 Å². The van der Waals surface area contributed by atoms with Gasteiger partial charge in [-0.2, -0.15) is 0 Å². The first-order valence-corrected chi connectivity index (χ1v) is 9.29. The minimum atomic E-state index is -2.56. The Morgan fingerprint density at radius 1 is 1.08 bits per heavy atom. The van der Waals surface area contributed by atoms with Gasteiger partial charge in [0.15, 0.2) is 0 Å². The molecule has 1 saturated heterocycles. The van der Waals surface area contributed by atoms with Gasteiger partial charge in [-0.3, -0.25) is 0 Å². The third-order valence-corrected chi connectivity index (χ3v) is 5.30. The van der Waals surface area contributed by atoms with E-state index < -0.39 is 24.7 Å². The molecule has 0 spiro atoms. The zero-order valence-electron chi connectivity index (χ0n) is 15.1. The van der Waals surface area contributed by atoms with E-state index in [-0.39, 0.29) is 5.56 Å². The minimum Gasteiger partial charge on any atom is -0.399 e. The predicted octanol–water partition coefficient (Wildman–Crippen LogP) is 2.75. The summed E-state index contributed by atoms with van der Waals surface area (Å²) in [7, 11) is 0.0386. The van der Waals surface area contributed by atoms with Crippen LogP contribution in [0.25, 0.3) is 10.8 Å². The molecule has 0 unspecified atom stereocenters. The second-order valence-electron chi connectivity index (χ2n) is 7.28. The van der Waals surface area contributed by atoms with Crippen LogP contribution in [-0.4, -0.2) is 28.6 Å². The molecule has 0 N–H and O–H groups in total. The average Bonchev–Trinajstić information content (AvgIpc) is 2.74. The van der Waals surface area contributed by atoms with Crippen molar-refractivity contribution in [1.29, 1.82) is 0 Å². The third kappa shape index (κ3) is 3.12. The van der Waals surface area contributed by atoms with E-state index in [1.807, 2.05) is 45.9 Å². The summed E-state index contributed by atoms with van der Waals surface area (Å²) in [4.78, 5) is 0. The molecule has 1 aliphatic rings. The van der Waals surface area contributed by atoms with Gasteiger partial charge in [0.25, 0.3) is 6.43 Å². The van der Waals surface area contributed by atoms with Gasteiger partial charge in [-0.1, -0.05) is 24.1 Å². The fourth-order valence-electron chi connectivity index (χ4n) is 3.01. The molecule has 130 valence electrons. The second-order valence-corrected chi connectivity index (χ2v) is 7.78. The summed E-state index contributed by atoms with van der Waals surface area (Å²) in [5.41, 5.74) is 3.35. The van der Waals surface area contributed by atoms with Crippen molar-refractivity contribution in [2.24, 2.45) is 0 Å². The molecule has 0 amide bonds. The molecule has 0 bridgehead atoms. The van der Waals surface area contributed by atoms with Crippen LogP contribution >= 0.6 is 0 Å². The molecule has 0 radical (unpaired) electrons. The third-order valence-electron chi connectivity index (χ3n) is 5.05. The fourth-order valence-corrected chi connectivity index (χ4v) is 3.28. The maximum Gasteiger partial charge on any atom is 0.495 e. The molecule has 1 aliphatic heterocycles.